The molecule has 3 rings (SSSR count). The van der Waals surface area contributed by atoms with Gasteiger partial charge in [0.15, 0.2) is 0 Å². The molecule has 6 nitrogen and oxygen atoms in total. The number of imide groups is 1. The average molecular weight is 279 g/mol. The minimum absolute atomic E-state index is 0.0121. The van der Waals surface area contributed by atoms with Gasteiger partial charge in [0.25, 0.3) is 5.91 Å². The number of hydrogen-bond acceptors (Lipinski definition) is 3. The first-order valence-electron chi connectivity index (χ1n) is 7.54. The molecule has 0 radical (unpaired) electrons. The third-order valence-corrected chi connectivity index (χ3v) is 4.79. The second kappa shape index (κ2) is 5.42. The van der Waals surface area contributed by atoms with Crippen LogP contribution in [0.1, 0.15) is 38.5 Å². The van der Waals surface area contributed by atoms with Gasteiger partial charge in [0.05, 0.1) is 6.54 Å². The van der Waals surface area contributed by atoms with E-state index >= 15 is 0 Å². The van der Waals surface area contributed by atoms with E-state index < -0.39 is 6.03 Å². The number of carbonyl (C=O) groups excluding carboxylic acids is 3. The molecule has 3 fully saturated rings. The Morgan fingerprint density at radius 3 is 2.55 bits per heavy atom. The SMILES string of the molecule is O=C1CNC(=O)N1CC(=O)N1CCCC1C1CCCC1. The number of urea groups is 1. The van der Waals surface area contributed by atoms with Crippen LogP contribution in [0.3, 0.4) is 0 Å². The van der Waals surface area contributed by atoms with Crippen molar-refractivity contribution in [3.8, 4) is 0 Å². The molecule has 0 aromatic carbocycles. The third kappa shape index (κ3) is 2.39. The summed E-state index contributed by atoms with van der Waals surface area (Å²) in [5, 5.41) is 2.45. The molecule has 1 N–H and O–H groups in total. The number of likely N-dealkylation sites (tertiary alicyclic amines) is 1. The summed E-state index contributed by atoms with van der Waals surface area (Å²) < 4.78 is 0. The summed E-state index contributed by atoms with van der Waals surface area (Å²) in [6.45, 7) is 0.676. The van der Waals surface area contributed by atoms with Gasteiger partial charge in [0, 0.05) is 12.6 Å². The Labute approximate surface area is 118 Å². The predicted molar refractivity (Wildman–Crippen MR) is 71.8 cm³/mol. The summed E-state index contributed by atoms with van der Waals surface area (Å²) in [6, 6.07) is -0.120. The first-order chi connectivity index (χ1) is 9.66. The lowest BCUT2D eigenvalue weighted by atomic mass is 9.96. The molecule has 2 saturated heterocycles. The molecule has 2 aliphatic heterocycles. The van der Waals surface area contributed by atoms with E-state index in [9.17, 15) is 14.4 Å². The van der Waals surface area contributed by atoms with E-state index in [4.69, 9.17) is 0 Å². The zero-order valence-electron chi connectivity index (χ0n) is 11.6. The maximum absolute atomic E-state index is 12.4. The molecular formula is C14H21N3O3. The van der Waals surface area contributed by atoms with E-state index in [1.165, 1.54) is 25.7 Å². The van der Waals surface area contributed by atoms with Crippen LogP contribution in [0.2, 0.25) is 0 Å². The average Bonchev–Trinajstić information content (AvgIpc) is 3.13. The summed E-state index contributed by atoms with van der Waals surface area (Å²) in [5.74, 6) is 0.231. The summed E-state index contributed by atoms with van der Waals surface area (Å²) in [7, 11) is 0. The molecule has 0 aromatic rings. The number of rotatable bonds is 3. The molecule has 0 bridgehead atoms. The van der Waals surface area contributed by atoms with Crippen LogP contribution >= 0.6 is 0 Å². The largest absolute Gasteiger partial charge is 0.338 e. The van der Waals surface area contributed by atoms with Crippen molar-refractivity contribution in [2.24, 2.45) is 5.92 Å². The molecule has 0 spiro atoms. The molecular weight excluding hydrogens is 258 g/mol. The van der Waals surface area contributed by atoms with Gasteiger partial charge in [-0.2, -0.15) is 0 Å². The highest BCUT2D eigenvalue weighted by atomic mass is 16.2. The van der Waals surface area contributed by atoms with Crippen LogP contribution in [0.4, 0.5) is 4.79 Å². The molecule has 1 unspecified atom stereocenters. The summed E-state index contributed by atoms with van der Waals surface area (Å²) in [4.78, 5) is 38.4. The number of nitrogens with zero attached hydrogens (tertiary/aromatic N) is 2. The Morgan fingerprint density at radius 2 is 1.90 bits per heavy atom. The first kappa shape index (κ1) is 13.4. The van der Waals surface area contributed by atoms with Gasteiger partial charge in [-0.1, -0.05) is 12.8 Å². The lowest BCUT2D eigenvalue weighted by Crippen LogP contribution is -2.46. The van der Waals surface area contributed by atoms with Crippen molar-refractivity contribution in [2.45, 2.75) is 44.6 Å². The Morgan fingerprint density at radius 1 is 1.15 bits per heavy atom. The molecule has 6 heteroatoms. The van der Waals surface area contributed by atoms with E-state index in [1.54, 1.807) is 0 Å². The Balaban J connectivity index is 1.63. The standard InChI is InChI=1S/C14H21N3O3/c18-12-8-15-14(20)17(12)9-13(19)16-7-3-6-11(16)10-4-1-2-5-10/h10-11H,1-9H2,(H,15,20). The van der Waals surface area contributed by atoms with E-state index in [0.29, 0.717) is 12.0 Å². The van der Waals surface area contributed by atoms with Crippen molar-refractivity contribution in [3.05, 3.63) is 0 Å². The summed E-state index contributed by atoms with van der Waals surface area (Å²) in [6.07, 6.45) is 7.03. The Hall–Kier alpha value is -1.59. The molecule has 1 saturated carbocycles. The quantitative estimate of drug-likeness (QED) is 0.774. The molecule has 0 aromatic heterocycles. The molecule has 4 amide bonds. The smallest absolute Gasteiger partial charge is 0.325 e. The van der Waals surface area contributed by atoms with Crippen LogP contribution in [0.25, 0.3) is 0 Å². The number of amides is 4. The second-order valence-electron chi connectivity index (χ2n) is 5.98. The van der Waals surface area contributed by atoms with Gasteiger partial charge in [0.2, 0.25) is 5.91 Å². The lowest BCUT2D eigenvalue weighted by molar-refractivity contribution is -0.137. The normalized spacial score (nSPS) is 27.5. The van der Waals surface area contributed by atoms with Gasteiger partial charge in [-0.05, 0) is 31.6 Å². The van der Waals surface area contributed by atoms with Crippen molar-refractivity contribution in [2.75, 3.05) is 19.6 Å². The monoisotopic (exact) mass is 279 g/mol. The molecule has 110 valence electrons. The van der Waals surface area contributed by atoms with Gasteiger partial charge in [-0.15, -0.1) is 0 Å². The highest BCUT2D eigenvalue weighted by Gasteiger charge is 2.38. The lowest BCUT2D eigenvalue weighted by Gasteiger charge is -2.30. The fraction of sp³-hybridized carbons (Fsp3) is 0.786. The van der Waals surface area contributed by atoms with Gasteiger partial charge >= 0.3 is 6.03 Å². The van der Waals surface area contributed by atoms with Crippen LogP contribution in [0.15, 0.2) is 0 Å². The molecule has 1 aliphatic carbocycles. The summed E-state index contributed by atoms with van der Waals surface area (Å²) in [5.41, 5.74) is 0. The van der Waals surface area contributed by atoms with Crippen molar-refractivity contribution in [1.82, 2.24) is 15.1 Å². The van der Waals surface area contributed by atoms with Crippen molar-refractivity contribution >= 4 is 17.8 Å². The van der Waals surface area contributed by atoms with E-state index in [-0.39, 0.29) is 24.9 Å². The maximum atomic E-state index is 12.4. The highest BCUT2D eigenvalue weighted by molar-refractivity contribution is 6.04. The predicted octanol–water partition coefficient (Wildman–Crippen LogP) is 0.719. The van der Waals surface area contributed by atoms with Gasteiger partial charge in [0.1, 0.15) is 6.54 Å². The van der Waals surface area contributed by atoms with Crippen LogP contribution in [0.5, 0.6) is 0 Å². The molecule has 3 aliphatic rings. The molecule has 20 heavy (non-hydrogen) atoms. The number of carbonyl (C=O) groups is 3. The van der Waals surface area contributed by atoms with E-state index in [2.05, 4.69) is 5.32 Å². The van der Waals surface area contributed by atoms with E-state index in [0.717, 1.165) is 24.3 Å². The Bertz CT molecular complexity index is 415. The zero-order valence-corrected chi connectivity index (χ0v) is 11.6. The van der Waals surface area contributed by atoms with Crippen molar-refractivity contribution in [3.63, 3.8) is 0 Å². The van der Waals surface area contributed by atoms with Crippen LogP contribution in [0, 0.1) is 5.92 Å². The van der Waals surface area contributed by atoms with Crippen LogP contribution < -0.4 is 5.32 Å². The van der Waals surface area contributed by atoms with Gasteiger partial charge in [-0.25, -0.2) is 4.79 Å². The Kier molecular flexibility index (Phi) is 3.63. The minimum atomic E-state index is -0.444. The summed E-state index contributed by atoms with van der Waals surface area (Å²) >= 11 is 0. The topological polar surface area (TPSA) is 69.7 Å². The van der Waals surface area contributed by atoms with Crippen LogP contribution in [-0.4, -0.2) is 53.3 Å². The highest BCUT2D eigenvalue weighted by Crippen LogP contribution is 2.35. The number of hydrogen-bond donors (Lipinski definition) is 1. The van der Waals surface area contributed by atoms with Crippen molar-refractivity contribution in [1.29, 1.82) is 0 Å². The maximum Gasteiger partial charge on any atom is 0.325 e. The second-order valence-corrected chi connectivity index (χ2v) is 5.98. The van der Waals surface area contributed by atoms with E-state index in [1.807, 2.05) is 4.90 Å². The fourth-order valence-electron chi connectivity index (χ4n) is 3.78. The van der Waals surface area contributed by atoms with Gasteiger partial charge in [-0.3, -0.25) is 14.5 Å². The molecule has 1 atom stereocenters. The molecule has 2 heterocycles. The van der Waals surface area contributed by atoms with Crippen LogP contribution in [-0.2, 0) is 9.59 Å². The van der Waals surface area contributed by atoms with Gasteiger partial charge < -0.3 is 10.2 Å². The third-order valence-electron chi connectivity index (χ3n) is 4.79. The number of nitrogens with one attached hydrogen (secondary N) is 1. The zero-order chi connectivity index (χ0) is 14.1. The minimum Gasteiger partial charge on any atom is -0.338 e. The fourth-order valence-corrected chi connectivity index (χ4v) is 3.78. The first-order valence-corrected chi connectivity index (χ1v) is 7.54. The van der Waals surface area contributed by atoms with Crippen molar-refractivity contribution < 1.29 is 14.4 Å².